The lowest BCUT2D eigenvalue weighted by atomic mass is 9.58. The minimum atomic E-state index is -0.198. The van der Waals surface area contributed by atoms with Gasteiger partial charge in [-0.15, -0.1) is 0 Å². The first-order valence-corrected chi connectivity index (χ1v) is 19.4. The number of ketones is 1. The molecule has 0 saturated heterocycles. The Kier molecular flexibility index (Phi) is 12.4. The zero-order valence-corrected chi connectivity index (χ0v) is 31.6. The Balaban J connectivity index is 1.17. The Morgan fingerprint density at radius 2 is 0.911 bits per heavy atom. The van der Waals surface area contributed by atoms with Gasteiger partial charge >= 0.3 is 0 Å². The number of rotatable bonds is 11. The summed E-state index contributed by atoms with van der Waals surface area (Å²) in [5.74, 6) is 3.37. The Morgan fingerprint density at radius 3 is 1.36 bits per heavy atom. The van der Waals surface area contributed by atoms with Crippen molar-refractivity contribution in [1.29, 1.82) is 0 Å². The monoisotopic (exact) mass is 631 g/mol. The average molecular weight is 631 g/mol. The van der Waals surface area contributed by atoms with Crippen LogP contribution in [0.3, 0.4) is 0 Å². The summed E-state index contributed by atoms with van der Waals surface area (Å²) in [4.78, 5) is 14.0. The molecule has 0 heterocycles. The lowest BCUT2D eigenvalue weighted by Crippen LogP contribution is -2.45. The molecule has 0 N–H and O–H groups in total. The summed E-state index contributed by atoms with van der Waals surface area (Å²) < 4.78 is 19.7. The number of hydrogen-bond acceptors (Lipinski definition) is 4. The van der Waals surface area contributed by atoms with E-state index in [1.807, 2.05) is 0 Å². The minimum Gasteiger partial charge on any atom is -0.375 e. The van der Waals surface area contributed by atoms with Crippen LogP contribution in [0.4, 0.5) is 0 Å². The molecule has 0 unspecified atom stereocenters. The topological polar surface area (TPSA) is 44.8 Å². The second kappa shape index (κ2) is 15.0. The molecule has 0 aromatic carbocycles. The van der Waals surface area contributed by atoms with E-state index in [9.17, 15) is 4.79 Å². The molecule has 0 radical (unpaired) electrons. The first kappa shape index (κ1) is 37.4. The second-order valence-electron chi connectivity index (χ2n) is 19.0. The van der Waals surface area contributed by atoms with Crippen LogP contribution < -0.4 is 0 Å². The van der Waals surface area contributed by atoms with E-state index in [2.05, 4.69) is 76.2 Å². The van der Waals surface area contributed by atoms with Crippen LogP contribution in [0, 0.1) is 40.4 Å². The maximum Gasteiger partial charge on any atom is 0.141 e. The lowest BCUT2D eigenvalue weighted by molar-refractivity contribution is -0.149. The van der Waals surface area contributed by atoms with Gasteiger partial charge in [0.15, 0.2) is 0 Å². The van der Waals surface area contributed by atoms with Crippen LogP contribution in [-0.4, -0.2) is 41.4 Å². The zero-order chi connectivity index (χ0) is 33.2. The average Bonchev–Trinajstić information content (AvgIpc) is 2.98. The van der Waals surface area contributed by atoms with Gasteiger partial charge in [0.05, 0.1) is 35.6 Å². The molecule has 0 aromatic heterocycles. The maximum absolute atomic E-state index is 14.0. The first-order chi connectivity index (χ1) is 20.9. The molecule has 0 aliphatic heterocycles. The minimum absolute atomic E-state index is 0.0533. The summed E-state index contributed by atoms with van der Waals surface area (Å²) in [7, 11) is 0. The third kappa shape index (κ3) is 9.81. The van der Waals surface area contributed by atoms with Crippen molar-refractivity contribution in [2.75, 3.05) is 0 Å². The summed E-state index contributed by atoms with van der Waals surface area (Å²) >= 11 is 0. The molecule has 262 valence electrons. The van der Waals surface area contributed by atoms with Gasteiger partial charge in [0.1, 0.15) is 5.78 Å². The van der Waals surface area contributed by atoms with E-state index >= 15 is 0 Å². The van der Waals surface area contributed by atoms with E-state index in [4.69, 9.17) is 14.2 Å². The van der Waals surface area contributed by atoms with E-state index in [1.165, 1.54) is 25.7 Å². The Hall–Kier alpha value is -0.450. The summed E-state index contributed by atoms with van der Waals surface area (Å²) in [6.07, 6.45) is 19.8. The molecule has 4 nitrogen and oxygen atoms in total. The van der Waals surface area contributed by atoms with Crippen LogP contribution in [0.5, 0.6) is 0 Å². The quantitative estimate of drug-likeness (QED) is 0.228. The molecule has 4 rings (SSSR count). The predicted molar refractivity (Wildman–Crippen MR) is 187 cm³/mol. The molecule has 0 spiro atoms. The van der Waals surface area contributed by atoms with Crippen LogP contribution in [0.15, 0.2) is 0 Å². The van der Waals surface area contributed by atoms with Gasteiger partial charge in [-0.05, 0) is 166 Å². The molecule has 4 fully saturated rings. The maximum atomic E-state index is 14.0. The van der Waals surface area contributed by atoms with E-state index < -0.39 is 0 Å². The van der Waals surface area contributed by atoms with Crippen molar-refractivity contribution in [3.63, 3.8) is 0 Å². The van der Waals surface area contributed by atoms with Crippen molar-refractivity contribution < 1.29 is 19.0 Å². The number of hydrogen-bond donors (Lipinski definition) is 0. The number of carbonyl (C=O) groups excluding carboxylic acids is 1. The van der Waals surface area contributed by atoms with Gasteiger partial charge in [-0.3, -0.25) is 4.79 Å². The standard InChI is InChI=1S/C41H74O4/c1-28(2)39(6,7)30-16-18-31(19-17-30)40(8,9)37(42)29-12-14-32(15-13-29)41(10,11)45-36-26-22-34(23-27-36)43-33-20-24-35(25-21-33)44-38(3,4)5/h28-36H,12-27H2,1-11H3. The highest BCUT2D eigenvalue weighted by Crippen LogP contribution is 2.50. The highest BCUT2D eigenvalue weighted by atomic mass is 16.5. The van der Waals surface area contributed by atoms with Crippen LogP contribution in [0.2, 0.25) is 0 Å². The fourth-order valence-electron chi connectivity index (χ4n) is 9.68. The molecule has 0 bridgehead atoms. The number of carbonyl (C=O) groups is 1. The Morgan fingerprint density at radius 1 is 0.511 bits per heavy atom. The molecule has 4 saturated carbocycles. The summed E-state index contributed by atoms with van der Waals surface area (Å²) in [5.41, 5.74) is 0.00869. The lowest BCUT2D eigenvalue weighted by Gasteiger charge is -2.46. The van der Waals surface area contributed by atoms with Crippen LogP contribution >= 0.6 is 0 Å². The smallest absolute Gasteiger partial charge is 0.141 e. The van der Waals surface area contributed by atoms with Gasteiger partial charge in [-0.25, -0.2) is 0 Å². The summed E-state index contributed by atoms with van der Waals surface area (Å²) in [6, 6.07) is 0. The van der Waals surface area contributed by atoms with Crippen molar-refractivity contribution in [3.8, 4) is 0 Å². The first-order valence-electron chi connectivity index (χ1n) is 19.4. The number of Topliss-reactive ketones (excluding diaryl/α,β-unsaturated/α-hetero) is 1. The molecule has 4 aliphatic rings. The third-order valence-corrected chi connectivity index (χ3v) is 13.6. The van der Waals surface area contributed by atoms with Crippen LogP contribution in [0.25, 0.3) is 0 Å². The number of ether oxygens (including phenoxy) is 3. The SMILES string of the molecule is CC(C)C(C)(C)C1CCC(C(C)(C)C(=O)C2CCC(C(C)(C)OC3CCC(OC4CCC(OC(C)(C)C)CC4)CC3)CC2)CC1. The Bertz CT molecular complexity index is 910. The highest BCUT2D eigenvalue weighted by molar-refractivity contribution is 5.86. The van der Waals surface area contributed by atoms with E-state index in [0.717, 1.165) is 83.0 Å². The van der Waals surface area contributed by atoms with Gasteiger partial charge in [-0.1, -0.05) is 41.5 Å². The zero-order valence-electron chi connectivity index (χ0n) is 31.6. The fraction of sp³-hybridized carbons (Fsp3) is 0.976. The molecule has 0 amide bonds. The largest absolute Gasteiger partial charge is 0.375 e. The molecule has 4 aliphatic carbocycles. The molecular formula is C41H74O4. The van der Waals surface area contributed by atoms with Crippen LogP contribution in [0.1, 0.15) is 179 Å². The van der Waals surface area contributed by atoms with Gasteiger partial charge in [0.25, 0.3) is 0 Å². The van der Waals surface area contributed by atoms with Gasteiger partial charge < -0.3 is 14.2 Å². The van der Waals surface area contributed by atoms with Crippen molar-refractivity contribution >= 4 is 5.78 Å². The van der Waals surface area contributed by atoms with Gasteiger partial charge in [0, 0.05) is 11.3 Å². The third-order valence-electron chi connectivity index (χ3n) is 13.6. The van der Waals surface area contributed by atoms with Crippen molar-refractivity contribution in [1.82, 2.24) is 0 Å². The van der Waals surface area contributed by atoms with Gasteiger partial charge in [0.2, 0.25) is 0 Å². The predicted octanol–water partition coefficient (Wildman–Crippen LogP) is 11.1. The molecule has 4 heteroatoms. The van der Waals surface area contributed by atoms with E-state index in [0.29, 0.717) is 53.4 Å². The Labute approximate surface area is 279 Å². The molecule has 0 atom stereocenters. The van der Waals surface area contributed by atoms with Crippen LogP contribution in [-0.2, 0) is 19.0 Å². The van der Waals surface area contributed by atoms with E-state index in [-0.39, 0.29) is 22.5 Å². The van der Waals surface area contributed by atoms with Crippen molar-refractivity contribution in [2.45, 2.75) is 215 Å². The van der Waals surface area contributed by atoms with E-state index in [1.54, 1.807) is 0 Å². The molecule has 0 aromatic rings. The summed E-state index contributed by atoms with van der Waals surface area (Å²) in [6.45, 7) is 25.3. The van der Waals surface area contributed by atoms with Gasteiger partial charge in [-0.2, -0.15) is 0 Å². The van der Waals surface area contributed by atoms with Crippen molar-refractivity contribution in [3.05, 3.63) is 0 Å². The molecule has 45 heavy (non-hydrogen) atoms. The fourth-order valence-corrected chi connectivity index (χ4v) is 9.68. The normalized spacial score (nSPS) is 34.6. The second-order valence-corrected chi connectivity index (χ2v) is 19.0. The molecular weight excluding hydrogens is 556 g/mol. The van der Waals surface area contributed by atoms with Crippen molar-refractivity contribution in [2.24, 2.45) is 40.4 Å². The summed E-state index contributed by atoms with van der Waals surface area (Å²) in [5, 5.41) is 0. The highest BCUT2D eigenvalue weighted by Gasteiger charge is 2.46.